The maximum Gasteiger partial charge on any atom is 0.387 e. The Balaban J connectivity index is 2.58. The van der Waals surface area contributed by atoms with Crippen LogP contribution in [0.15, 0.2) is 21.6 Å². The fourth-order valence-electron chi connectivity index (χ4n) is 2.22. The molecule has 0 aliphatic carbocycles. The fourth-order valence-corrected chi connectivity index (χ4v) is 3.63. The van der Waals surface area contributed by atoms with Crippen LogP contribution in [0.25, 0.3) is 0 Å². The number of sulfonamides is 1. The number of aromatic nitrogens is 1. The maximum atomic E-state index is 12.5. The molecule has 2 rings (SSSR count). The minimum atomic E-state index is -4.31. The van der Waals surface area contributed by atoms with Gasteiger partial charge in [0.05, 0.1) is 18.4 Å². The van der Waals surface area contributed by atoms with Crippen LogP contribution in [0, 0.1) is 13.8 Å². The zero-order chi connectivity index (χ0) is 19.6. The molecule has 0 aliphatic rings. The van der Waals surface area contributed by atoms with E-state index in [1.54, 1.807) is 0 Å². The zero-order valence-corrected chi connectivity index (χ0v) is 14.6. The number of ether oxygens (including phenoxy) is 2. The highest BCUT2D eigenvalue weighted by Crippen LogP contribution is 2.36. The SMILES string of the molecule is COc1cc(C(=O)O)c(NS(=O)(=O)c2c(C)noc2C)cc1OC(F)F. The predicted octanol–water partition coefficient (Wildman–Crippen LogP) is 2.40. The third-order valence-corrected chi connectivity index (χ3v) is 4.84. The number of methoxy groups -OCH3 is 1. The Kier molecular flexibility index (Phi) is 5.35. The molecule has 0 fully saturated rings. The molecule has 0 atom stereocenters. The van der Waals surface area contributed by atoms with Gasteiger partial charge in [0.2, 0.25) is 0 Å². The maximum absolute atomic E-state index is 12.5. The molecule has 1 aromatic heterocycles. The van der Waals surface area contributed by atoms with Crippen LogP contribution in [0.5, 0.6) is 11.5 Å². The third-order valence-electron chi connectivity index (χ3n) is 3.23. The number of carboxylic acids is 1. The molecule has 0 saturated heterocycles. The highest BCUT2D eigenvalue weighted by molar-refractivity contribution is 7.92. The van der Waals surface area contributed by atoms with Crippen molar-refractivity contribution < 1.29 is 41.1 Å². The van der Waals surface area contributed by atoms with E-state index in [-0.39, 0.29) is 22.1 Å². The van der Waals surface area contributed by atoms with Crippen LogP contribution in [-0.2, 0) is 10.0 Å². The van der Waals surface area contributed by atoms with Gasteiger partial charge in [-0.05, 0) is 13.8 Å². The smallest absolute Gasteiger partial charge is 0.387 e. The van der Waals surface area contributed by atoms with Crippen molar-refractivity contribution >= 4 is 21.7 Å². The minimum absolute atomic E-state index is 0.0237. The molecule has 0 aliphatic heterocycles. The van der Waals surface area contributed by atoms with E-state index < -0.39 is 39.6 Å². The van der Waals surface area contributed by atoms with Crippen molar-refractivity contribution in [3.05, 3.63) is 29.2 Å². The largest absolute Gasteiger partial charge is 0.493 e. The number of aromatic carboxylic acids is 1. The van der Waals surface area contributed by atoms with Gasteiger partial charge < -0.3 is 19.1 Å². The Labute approximate surface area is 146 Å². The topological polar surface area (TPSA) is 128 Å². The number of hydrogen-bond acceptors (Lipinski definition) is 7. The van der Waals surface area contributed by atoms with Gasteiger partial charge in [0.1, 0.15) is 5.69 Å². The normalized spacial score (nSPS) is 11.5. The highest BCUT2D eigenvalue weighted by atomic mass is 32.2. The van der Waals surface area contributed by atoms with E-state index in [2.05, 4.69) is 9.89 Å². The second kappa shape index (κ2) is 7.15. The summed E-state index contributed by atoms with van der Waals surface area (Å²) in [5.41, 5.74) is -0.975. The Morgan fingerprint density at radius 2 is 1.96 bits per heavy atom. The van der Waals surface area contributed by atoms with E-state index >= 15 is 0 Å². The van der Waals surface area contributed by atoms with Crippen molar-refractivity contribution in [2.45, 2.75) is 25.4 Å². The first-order valence-electron chi connectivity index (χ1n) is 6.92. The number of benzene rings is 1. The van der Waals surface area contributed by atoms with E-state index in [0.717, 1.165) is 19.2 Å². The second-order valence-corrected chi connectivity index (χ2v) is 6.61. The number of aryl methyl sites for hydroxylation is 2. The average molecular weight is 392 g/mol. The molecule has 12 heteroatoms. The first-order chi connectivity index (χ1) is 12.1. The summed E-state index contributed by atoms with van der Waals surface area (Å²) >= 11 is 0. The molecule has 0 unspecified atom stereocenters. The lowest BCUT2D eigenvalue weighted by molar-refractivity contribution is -0.0511. The lowest BCUT2D eigenvalue weighted by atomic mass is 10.1. The Bertz CT molecular complexity index is 922. The highest BCUT2D eigenvalue weighted by Gasteiger charge is 2.27. The van der Waals surface area contributed by atoms with Crippen LogP contribution in [0.1, 0.15) is 21.8 Å². The summed E-state index contributed by atoms with van der Waals surface area (Å²) in [6.07, 6.45) is 0. The fraction of sp³-hybridized carbons (Fsp3) is 0.286. The molecular weight excluding hydrogens is 378 g/mol. The van der Waals surface area contributed by atoms with Crippen molar-refractivity contribution in [1.29, 1.82) is 0 Å². The molecule has 2 N–H and O–H groups in total. The standard InChI is InChI=1S/C14H14F2N2O7S/c1-6-12(7(2)25-17-6)26(21,22)18-9-5-11(24-14(15)16)10(23-3)4-8(9)13(19)20/h4-5,14,18H,1-3H3,(H,19,20). The number of carboxylic acid groups (broad SMARTS) is 1. The number of halogens is 2. The second-order valence-electron chi connectivity index (χ2n) is 4.99. The summed E-state index contributed by atoms with van der Waals surface area (Å²) in [4.78, 5) is 11.1. The van der Waals surface area contributed by atoms with Gasteiger partial charge in [0, 0.05) is 12.1 Å². The van der Waals surface area contributed by atoms with E-state index in [0.29, 0.717) is 0 Å². The first kappa shape index (κ1) is 19.4. The van der Waals surface area contributed by atoms with E-state index in [1.165, 1.54) is 13.8 Å². The molecule has 9 nitrogen and oxygen atoms in total. The van der Waals surface area contributed by atoms with Crippen LogP contribution in [0.3, 0.4) is 0 Å². The number of anilines is 1. The molecule has 1 heterocycles. The number of hydrogen-bond donors (Lipinski definition) is 2. The van der Waals surface area contributed by atoms with Gasteiger partial charge >= 0.3 is 12.6 Å². The summed E-state index contributed by atoms with van der Waals surface area (Å²) in [5.74, 6) is -2.38. The summed E-state index contributed by atoms with van der Waals surface area (Å²) in [6.45, 7) is -0.499. The van der Waals surface area contributed by atoms with E-state index in [4.69, 9.17) is 9.26 Å². The van der Waals surface area contributed by atoms with E-state index in [9.17, 15) is 27.1 Å². The lowest BCUT2D eigenvalue weighted by Crippen LogP contribution is -2.17. The number of carbonyl (C=O) groups is 1. The van der Waals surface area contributed by atoms with Crippen LogP contribution < -0.4 is 14.2 Å². The molecule has 0 spiro atoms. The lowest BCUT2D eigenvalue weighted by Gasteiger charge is -2.15. The minimum Gasteiger partial charge on any atom is -0.493 e. The van der Waals surface area contributed by atoms with Gasteiger partial charge in [0.25, 0.3) is 10.0 Å². The van der Waals surface area contributed by atoms with Crippen LogP contribution in [-0.4, -0.2) is 38.4 Å². The van der Waals surface area contributed by atoms with Crippen molar-refractivity contribution in [2.75, 3.05) is 11.8 Å². The predicted molar refractivity (Wildman–Crippen MR) is 83.4 cm³/mol. The number of rotatable bonds is 7. The first-order valence-corrected chi connectivity index (χ1v) is 8.41. The molecule has 0 saturated carbocycles. The van der Waals surface area contributed by atoms with Crippen molar-refractivity contribution in [3.63, 3.8) is 0 Å². The molecule has 1 aromatic carbocycles. The van der Waals surface area contributed by atoms with Gasteiger partial charge in [-0.2, -0.15) is 8.78 Å². The quantitative estimate of drug-likeness (QED) is 0.735. The van der Waals surface area contributed by atoms with Gasteiger partial charge in [-0.3, -0.25) is 4.72 Å². The van der Waals surface area contributed by atoms with Crippen molar-refractivity contribution in [1.82, 2.24) is 5.16 Å². The van der Waals surface area contributed by atoms with Gasteiger partial charge in [-0.25, -0.2) is 13.2 Å². The summed E-state index contributed by atoms with van der Waals surface area (Å²) in [6, 6.07) is 1.66. The molecule has 0 radical (unpaired) electrons. The van der Waals surface area contributed by atoms with Crippen molar-refractivity contribution in [2.24, 2.45) is 0 Å². The Hall–Kier alpha value is -2.89. The number of alkyl halides is 2. The van der Waals surface area contributed by atoms with E-state index in [1.807, 2.05) is 4.72 Å². The molecular formula is C14H14F2N2O7S. The van der Waals surface area contributed by atoms with Gasteiger partial charge in [-0.15, -0.1) is 0 Å². The van der Waals surface area contributed by atoms with Gasteiger partial charge in [-0.1, -0.05) is 5.16 Å². The summed E-state index contributed by atoms with van der Waals surface area (Å²) in [7, 11) is -3.19. The number of nitrogens with zero attached hydrogens (tertiary/aromatic N) is 1. The van der Waals surface area contributed by atoms with Crippen LogP contribution in [0.4, 0.5) is 14.5 Å². The molecule has 26 heavy (non-hydrogen) atoms. The van der Waals surface area contributed by atoms with Crippen LogP contribution in [0.2, 0.25) is 0 Å². The van der Waals surface area contributed by atoms with Crippen LogP contribution >= 0.6 is 0 Å². The zero-order valence-electron chi connectivity index (χ0n) is 13.7. The molecule has 142 valence electrons. The van der Waals surface area contributed by atoms with Gasteiger partial charge in [0.15, 0.2) is 22.2 Å². The number of nitrogens with one attached hydrogen (secondary N) is 1. The Morgan fingerprint density at radius 3 is 2.42 bits per heavy atom. The Morgan fingerprint density at radius 1 is 1.31 bits per heavy atom. The molecule has 2 aromatic rings. The summed E-state index contributed by atoms with van der Waals surface area (Å²) < 4.78 is 66.0. The molecule has 0 bridgehead atoms. The average Bonchev–Trinajstić information content (AvgIpc) is 2.85. The monoisotopic (exact) mass is 392 g/mol. The third kappa shape index (κ3) is 3.85. The van der Waals surface area contributed by atoms with Crippen molar-refractivity contribution in [3.8, 4) is 11.5 Å². The summed E-state index contributed by atoms with van der Waals surface area (Å²) in [5, 5.41) is 12.8. The molecule has 0 amide bonds.